The molecule has 1 unspecified atom stereocenters. The van der Waals surface area contributed by atoms with E-state index in [1.807, 2.05) is 0 Å². The summed E-state index contributed by atoms with van der Waals surface area (Å²) in [6.45, 7) is 7.06. The van der Waals surface area contributed by atoms with Crippen molar-refractivity contribution < 1.29 is 27.8 Å². The summed E-state index contributed by atoms with van der Waals surface area (Å²) in [4.78, 5) is 11.0. The maximum atomic E-state index is 12.4. The molecule has 0 bridgehead atoms. The van der Waals surface area contributed by atoms with Crippen LogP contribution in [0.5, 0.6) is 0 Å². The summed E-state index contributed by atoms with van der Waals surface area (Å²) < 4.78 is 41.4. The maximum Gasteiger partial charge on any atom is 0.428 e. The van der Waals surface area contributed by atoms with Crippen LogP contribution < -0.4 is 0 Å². The third kappa shape index (κ3) is 3.16. The highest BCUT2D eigenvalue weighted by Gasteiger charge is 2.60. The molecule has 86 valence electrons. The number of alkyl halides is 3. The number of halogens is 3. The Kier molecular flexibility index (Phi) is 4.21. The molecule has 0 saturated carbocycles. The van der Waals surface area contributed by atoms with Gasteiger partial charge in [0.15, 0.2) is 0 Å². The highest BCUT2D eigenvalue weighted by atomic mass is 19.4. The van der Waals surface area contributed by atoms with Gasteiger partial charge in [-0.15, -0.1) is 6.58 Å². The monoisotopic (exact) mass is 225 g/mol. The van der Waals surface area contributed by atoms with Gasteiger partial charge < -0.3 is 9.84 Å². The summed E-state index contributed by atoms with van der Waals surface area (Å²) in [6, 6.07) is 0. The van der Waals surface area contributed by atoms with E-state index in [1.54, 1.807) is 0 Å². The highest BCUT2D eigenvalue weighted by molar-refractivity contribution is 5.80. The van der Waals surface area contributed by atoms with Crippen LogP contribution in [0.4, 0.5) is 13.2 Å². The number of carbonyl (C=O) groups is 1. The second kappa shape index (κ2) is 4.57. The van der Waals surface area contributed by atoms with Crippen LogP contribution in [0, 0.1) is 6.92 Å². The van der Waals surface area contributed by atoms with E-state index in [4.69, 9.17) is 0 Å². The van der Waals surface area contributed by atoms with Crippen LogP contribution in [-0.2, 0) is 9.53 Å². The summed E-state index contributed by atoms with van der Waals surface area (Å²) in [6.07, 6.45) is -6.02. The van der Waals surface area contributed by atoms with Gasteiger partial charge in [-0.3, -0.25) is 0 Å². The van der Waals surface area contributed by atoms with Crippen molar-refractivity contribution in [2.45, 2.75) is 25.1 Å². The van der Waals surface area contributed by atoms with Gasteiger partial charge >= 0.3 is 12.1 Å². The molecule has 0 fully saturated rings. The summed E-state index contributed by atoms with van der Waals surface area (Å²) in [5.41, 5.74) is -3.51. The molecule has 0 aromatic rings. The van der Waals surface area contributed by atoms with Crippen LogP contribution in [-0.4, -0.2) is 29.5 Å². The first-order chi connectivity index (χ1) is 6.65. The molecule has 0 rings (SSSR count). The topological polar surface area (TPSA) is 46.5 Å². The molecule has 1 N–H and O–H groups in total. The van der Waals surface area contributed by atoms with Crippen molar-refractivity contribution in [1.29, 1.82) is 0 Å². The summed E-state index contributed by atoms with van der Waals surface area (Å²) in [7, 11) is 0. The molecule has 0 aromatic carbocycles. The van der Waals surface area contributed by atoms with Crippen molar-refractivity contribution in [2.75, 3.05) is 6.61 Å². The molecule has 0 spiro atoms. The Morgan fingerprint density at radius 3 is 2.27 bits per heavy atom. The van der Waals surface area contributed by atoms with Crippen LogP contribution in [0.1, 0.15) is 13.3 Å². The molecular weight excluding hydrogens is 213 g/mol. The molecule has 0 radical (unpaired) electrons. The highest BCUT2D eigenvalue weighted by Crippen LogP contribution is 2.36. The lowest BCUT2D eigenvalue weighted by molar-refractivity contribution is -0.261. The molecule has 0 saturated heterocycles. The van der Waals surface area contributed by atoms with Crippen molar-refractivity contribution in [3.8, 4) is 0 Å². The lowest BCUT2D eigenvalue weighted by atomic mass is 9.95. The smallest absolute Gasteiger partial charge is 0.421 e. The Morgan fingerprint density at radius 1 is 1.53 bits per heavy atom. The minimum Gasteiger partial charge on any atom is -0.421 e. The van der Waals surface area contributed by atoms with Gasteiger partial charge in [-0.2, -0.15) is 13.2 Å². The molecule has 0 aliphatic heterocycles. The average molecular weight is 225 g/mol. The molecule has 0 heterocycles. The molecule has 0 aromatic heterocycles. The van der Waals surface area contributed by atoms with Gasteiger partial charge in [0, 0.05) is 6.42 Å². The molecule has 1 atom stereocenters. The van der Waals surface area contributed by atoms with Crippen LogP contribution in [0.3, 0.4) is 0 Å². The zero-order valence-electron chi connectivity index (χ0n) is 8.23. The Morgan fingerprint density at radius 2 is 2.00 bits per heavy atom. The van der Waals surface area contributed by atoms with Gasteiger partial charge in [0.05, 0.1) is 0 Å². The van der Waals surface area contributed by atoms with E-state index >= 15 is 0 Å². The number of carbonyl (C=O) groups excluding carboxylic acids is 1. The number of ether oxygens (including phenoxy) is 1. The molecule has 0 aliphatic rings. The fourth-order valence-corrected chi connectivity index (χ4v) is 0.937. The fraction of sp³-hybridized carbons (Fsp3) is 0.556. The Balaban J connectivity index is 5.02. The van der Waals surface area contributed by atoms with Gasteiger partial charge in [-0.1, -0.05) is 5.57 Å². The normalized spacial score (nSPS) is 15.5. The van der Waals surface area contributed by atoms with Gasteiger partial charge in [-0.05, 0) is 6.92 Å². The van der Waals surface area contributed by atoms with Gasteiger partial charge in [0.1, 0.15) is 6.92 Å². The quantitative estimate of drug-likeness (QED) is 0.449. The molecule has 6 heteroatoms. The average Bonchev–Trinajstić information content (AvgIpc) is 2.01. The molecule has 3 nitrogen and oxygen atoms in total. The van der Waals surface area contributed by atoms with E-state index in [0.717, 1.165) is 0 Å². The first-order valence-corrected chi connectivity index (χ1v) is 4.05. The molecule has 15 heavy (non-hydrogen) atoms. The van der Waals surface area contributed by atoms with Crippen molar-refractivity contribution in [1.82, 2.24) is 0 Å². The van der Waals surface area contributed by atoms with Gasteiger partial charge in [0.2, 0.25) is 6.61 Å². The number of aliphatic hydroxyl groups is 1. The predicted octanol–water partition coefficient (Wildman–Crippen LogP) is 1.62. The maximum absolute atomic E-state index is 12.4. The zero-order chi connectivity index (χ0) is 12.3. The molecule has 0 amide bonds. The second-order valence-electron chi connectivity index (χ2n) is 3.13. The van der Waals surface area contributed by atoms with Crippen molar-refractivity contribution in [2.24, 2.45) is 0 Å². The van der Waals surface area contributed by atoms with E-state index in [0.29, 0.717) is 0 Å². The van der Waals surface area contributed by atoms with E-state index in [-0.39, 0.29) is 5.57 Å². The minimum atomic E-state index is -5.10. The summed E-state index contributed by atoms with van der Waals surface area (Å²) in [5, 5.41) is 9.23. The number of hydrogen-bond acceptors (Lipinski definition) is 3. The Bertz CT molecular complexity index is 260. The Hall–Kier alpha value is -1.17. The Labute approximate surface area is 85.5 Å². The van der Waals surface area contributed by atoms with E-state index in [2.05, 4.69) is 18.2 Å². The van der Waals surface area contributed by atoms with E-state index in [9.17, 15) is 23.1 Å². The van der Waals surface area contributed by atoms with E-state index in [1.165, 1.54) is 6.92 Å². The van der Waals surface area contributed by atoms with E-state index < -0.39 is 30.8 Å². The van der Waals surface area contributed by atoms with Crippen molar-refractivity contribution in [3.05, 3.63) is 19.1 Å². The number of esters is 1. The van der Waals surface area contributed by atoms with Crippen LogP contribution in [0.15, 0.2) is 12.2 Å². The standard InChI is InChI=1S/C9H12F3O3/c1-4-15-7(13)8(14,5-6(2)3)9(10,11)12/h14H,1-2,4-5H2,3H3/q+1. The SMILES string of the molecule is C=C(C)CC(O)(C(=O)OC[CH2+])C(F)(F)F. The lowest BCUT2D eigenvalue weighted by Gasteiger charge is -2.27. The second-order valence-corrected chi connectivity index (χ2v) is 3.13. The number of rotatable bonds is 4. The first kappa shape index (κ1) is 13.8. The molecule has 0 aliphatic carbocycles. The lowest BCUT2D eigenvalue weighted by Crippen LogP contribution is -2.53. The third-order valence-corrected chi connectivity index (χ3v) is 1.60. The van der Waals surface area contributed by atoms with Crippen molar-refractivity contribution in [3.63, 3.8) is 0 Å². The van der Waals surface area contributed by atoms with Crippen LogP contribution >= 0.6 is 0 Å². The summed E-state index contributed by atoms with van der Waals surface area (Å²) >= 11 is 0. The third-order valence-electron chi connectivity index (χ3n) is 1.60. The van der Waals surface area contributed by atoms with Gasteiger partial charge in [-0.25, -0.2) is 4.79 Å². The summed E-state index contributed by atoms with van der Waals surface area (Å²) in [5.74, 6) is -1.76. The number of hydrogen-bond donors (Lipinski definition) is 1. The minimum absolute atomic E-state index is 0.0239. The van der Waals surface area contributed by atoms with Gasteiger partial charge in [0.25, 0.3) is 5.60 Å². The van der Waals surface area contributed by atoms with Crippen LogP contribution in [0.2, 0.25) is 0 Å². The van der Waals surface area contributed by atoms with Crippen LogP contribution in [0.25, 0.3) is 0 Å². The van der Waals surface area contributed by atoms with Crippen molar-refractivity contribution >= 4 is 5.97 Å². The predicted molar refractivity (Wildman–Crippen MR) is 46.8 cm³/mol. The largest absolute Gasteiger partial charge is 0.428 e. The zero-order valence-corrected chi connectivity index (χ0v) is 8.23. The first-order valence-electron chi connectivity index (χ1n) is 4.05. The molecular formula is C9H12F3O3+. The fourth-order valence-electron chi connectivity index (χ4n) is 0.937.